The molecule has 7 heteroatoms. The fraction of sp³-hybridized carbons (Fsp3) is 0.0909. The molecule has 0 unspecified atom stereocenters. The Hall–Kier alpha value is -4.00. The minimum Gasteiger partial charge on any atom is -0.489 e. The Morgan fingerprint density at radius 3 is 2.48 bits per heavy atom. The van der Waals surface area contributed by atoms with Gasteiger partial charge in [-0.1, -0.05) is 42.5 Å². The monoisotopic (exact) mass is 385 g/mol. The Morgan fingerprint density at radius 2 is 1.72 bits per heavy atom. The van der Waals surface area contributed by atoms with E-state index in [9.17, 15) is 4.79 Å². The quantitative estimate of drug-likeness (QED) is 0.528. The van der Waals surface area contributed by atoms with E-state index >= 15 is 0 Å². The maximum Gasteiger partial charge on any atom is 0.251 e. The number of hydrogen-bond donors (Lipinski definition) is 1. The van der Waals surface area contributed by atoms with Crippen LogP contribution in [0.4, 0.5) is 0 Å². The average molecular weight is 385 g/mol. The smallest absolute Gasteiger partial charge is 0.251 e. The van der Waals surface area contributed by atoms with Crippen LogP contribution in [0, 0.1) is 0 Å². The second-order valence-electron chi connectivity index (χ2n) is 6.41. The lowest BCUT2D eigenvalue weighted by molar-refractivity contribution is 0.0951. The summed E-state index contributed by atoms with van der Waals surface area (Å²) >= 11 is 0. The second-order valence-corrected chi connectivity index (χ2v) is 6.41. The molecule has 4 aromatic rings. The molecule has 0 radical (unpaired) electrons. The van der Waals surface area contributed by atoms with Gasteiger partial charge in [-0.15, -0.1) is 5.10 Å². The molecule has 0 bridgehead atoms. The van der Waals surface area contributed by atoms with Crippen molar-refractivity contribution in [3.63, 3.8) is 0 Å². The number of carbonyl (C=O) groups excluding carboxylic acids is 1. The molecule has 1 amide bonds. The Kier molecular flexibility index (Phi) is 5.57. The maximum atomic E-state index is 12.4. The predicted octanol–water partition coefficient (Wildman–Crippen LogP) is 3.17. The summed E-state index contributed by atoms with van der Waals surface area (Å²) in [5.74, 6) is 0.690. The van der Waals surface area contributed by atoms with Crippen LogP contribution in [0.2, 0.25) is 0 Å². The molecule has 1 aromatic heterocycles. The summed E-state index contributed by atoms with van der Waals surface area (Å²) in [6.07, 6.45) is 1.50. The fourth-order valence-corrected chi connectivity index (χ4v) is 2.84. The third-order valence-corrected chi connectivity index (χ3v) is 4.34. The Labute approximate surface area is 168 Å². The van der Waals surface area contributed by atoms with Gasteiger partial charge < -0.3 is 10.1 Å². The van der Waals surface area contributed by atoms with Gasteiger partial charge in [-0.05, 0) is 58.0 Å². The van der Waals surface area contributed by atoms with Crippen molar-refractivity contribution in [1.29, 1.82) is 0 Å². The number of carbonyl (C=O) groups is 1. The molecule has 0 aliphatic carbocycles. The van der Waals surface area contributed by atoms with Gasteiger partial charge in [0.25, 0.3) is 5.91 Å². The third kappa shape index (κ3) is 4.84. The van der Waals surface area contributed by atoms with Gasteiger partial charge in [-0.3, -0.25) is 4.79 Å². The zero-order valence-corrected chi connectivity index (χ0v) is 15.6. The van der Waals surface area contributed by atoms with Gasteiger partial charge in [0.05, 0.1) is 5.69 Å². The predicted molar refractivity (Wildman–Crippen MR) is 108 cm³/mol. The second kappa shape index (κ2) is 8.79. The first kappa shape index (κ1) is 18.4. The van der Waals surface area contributed by atoms with Gasteiger partial charge in [0, 0.05) is 12.1 Å². The number of nitrogens with one attached hydrogen (secondary N) is 1. The molecule has 1 N–H and O–H groups in total. The average Bonchev–Trinajstić information content (AvgIpc) is 3.32. The molecular formula is C22H19N5O2. The summed E-state index contributed by atoms with van der Waals surface area (Å²) in [6, 6.07) is 24.8. The summed E-state index contributed by atoms with van der Waals surface area (Å²) in [7, 11) is 0. The first-order chi connectivity index (χ1) is 14.3. The van der Waals surface area contributed by atoms with Crippen LogP contribution in [-0.2, 0) is 13.2 Å². The number of ether oxygens (including phenoxy) is 1. The summed E-state index contributed by atoms with van der Waals surface area (Å²) < 4.78 is 7.31. The standard InChI is InChI=1S/C22H19N5O2/c28-22(19-9-11-20(12-10-19)27-16-24-25-26-27)23-14-17-5-4-6-18(13-17)15-29-21-7-2-1-3-8-21/h1-13,16H,14-15H2,(H,23,28). The zero-order valence-electron chi connectivity index (χ0n) is 15.6. The van der Waals surface area contributed by atoms with E-state index in [-0.39, 0.29) is 5.91 Å². The van der Waals surface area contributed by atoms with Gasteiger partial charge in [-0.25, -0.2) is 4.68 Å². The van der Waals surface area contributed by atoms with Crippen LogP contribution in [-0.4, -0.2) is 26.1 Å². The molecule has 0 saturated carbocycles. The fourth-order valence-electron chi connectivity index (χ4n) is 2.84. The van der Waals surface area contributed by atoms with Crippen molar-refractivity contribution in [3.05, 3.63) is 102 Å². The molecular weight excluding hydrogens is 366 g/mol. The molecule has 0 spiro atoms. The van der Waals surface area contributed by atoms with Crippen LogP contribution in [0.15, 0.2) is 85.2 Å². The van der Waals surface area contributed by atoms with E-state index in [1.807, 2.05) is 54.6 Å². The van der Waals surface area contributed by atoms with E-state index < -0.39 is 0 Å². The molecule has 0 aliphatic heterocycles. The Bertz CT molecular complexity index is 1060. The molecule has 3 aromatic carbocycles. The van der Waals surface area contributed by atoms with E-state index in [1.165, 1.54) is 11.0 Å². The molecule has 7 nitrogen and oxygen atoms in total. The van der Waals surface area contributed by atoms with Crippen molar-refractivity contribution in [1.82, 2.24) is 25.5 Å². The van der Waals surface area contributed by atoms with Crippen LogP contribution >= 0.6 is 0 Å². The number of hydrogen-bond acceptors (Lipinski definition) is 5. The zero-order chi connectivity index (χ0) is 19.9. The number of benzene rings is 3. The van der Waals surface area contributed by atoms with Gasteiger partial charge in [0.2, 0.25) is 0 Å². The molecule has 4 rings (SSSR count). The van der Waals surface area contributed by atoms with Gasteiger partial charge in [0.1, 0.15) is 18.7 Å². The van der Waals surface area contributed by atoms with Crippen LogP contribution in [0.25, 0.3) is 5.69 Å². The van der Waals surface area contributed by atoms with Crippen molar-refractivity contribution in [3.8, 4) is 11.4 Å². The minimum absolute atomic E-state index is 0.140. The van der Waals surface area contributed by atoms with E-state index in [0.717, 1.165) is 22.6 Å². The number of amides is 1. The highest BCUT2D eigenvalue weighted by Crippen LogP contribution is 2.13. The largest absolute Gasteiger partial charge is 0.489 e. The normalized spacial score (nSPS) is 10.5. The van der Waals surface area contributed by atoms with E-state index in [1.54, 1.807) is 24.3 Å². The van der Waals surface area contributed by atoms with Crippen molar-refractivity contribution in [2.45, 2.75) is 13.2 Å². The molecule has 0 fully saturated rings. The maximum absolute atomic E-state index is 12.4. The lowest BCUT2D eigenvalue weighted by atomic mass is 10.1. The summed E-state index contributed by atoms with van der Waals surface area (Å²) in [5.41, 5.74) is 3.42. The number of aromatic nitrogens is 4. The number of rotatable bonds is 7. The van der Waals surface area contributed by atoms with Gasteiger partial charge in [-0.2, -0.15) is 0 Å². The molecule has 0 atom stereocenters. The third-order valence-electron chi connectivity index (χ3n) is 4.34. The molecule has 0 aliphatic rings. The number of para-hydroxylation sites is 1. The van der Waals surface area contributed by atoms with Crippen molar-refractivity contribution < 1.29 is 9.53 Å². The van der Waals surface area contributed by atoms with E-state index in [2.05, 4.69) is 20.8 Å². The number of tetrazole rings is 1. The topological polar surface area (TPSA) is 81.9 Å². The van der Waals surface area contributed by atoms with Crippen LogP contribution in [0.5, 0.6) is 5.75 Å². The lowest BCUT2D eigenvalue weighted by Gasteiger charge is -2.09. The lowest BCUT2D eigenvalue weighted by Crippen LogP contribution is -2.22. The van der Waals surface area contributed by atoms with E-state index in [0.29, 0.717) is 18.7 Å². The first-order valence-corrected chi connectivity index (χ1v) is 9.15. The van der Waals surface area contributed by atoms with Crippen molar-refractivity contribution >= 4 is 5.91 Å². The van der Waals surface area contributed by atoms with Crippen LogP contribution in [0.3, 0.4) is 0 Å². The highest BCUT2D eigenvalue weighted by molar-refractivity contribution is 5.94. The Morgan fingerprint density at radius 1 is 0.931 bits per heavy atom. The summed E-state index contributed by atoms with van der Waals surface area (Å²) in [5, 5.41) is 14.0. The van der Waals surface area contributed by atoms with Crippen LogP contribution in [0.1, 0.15) is 21.5 Å². The summed E-state index contributed by atoms with van der Waals surface area (Å²) in [6.45, 7) is 0.914. The molecule has 0 saturated heterocycles. The highest BCUT2D eigenvalue weighted by Gasteiger charge is 2.07. The minimum atomic E-state index is -0.140. The number of nitrogens with zero attached hydrogens (tertiary/aromatic N) is 4. The molecule has 29 heavy (non-hydrogen) atoms. The van der Waals surface area contributed by atoms with Gasteiger partial charge in [0.15, 0.2) is 0 Å². The highest BCUT2D eigenvalue weighted by atomic mass is 16.5. The molecule has 1 heterocycles. The first-order valence-electron chi connectivity index (χ1n) is 9.15. The van der Waals surface area contributed by atoms with Crippen molar-refractivity contribution in [2.75, 3.05) is 0 Å². The van der Waals surface area contributed by atoms with E-state index in [4.69, 9.17) is 4.74 Å². The SMILES string of the molecule is O=C(NCc1cccc(COc2ccccc2)c1)c1ccc(-n2cnnn2)cc1. The Balaban J connectivity index is 1.33. The van der Waals surface area contributed by atoms with Gasteiger partial charge >= 0.3 is 0 Å². The molecule has 144 valence electrons. The van der Waals surface area contributed by atoms with Crippen LogP contribution < -0.4 is 10.1 Å². The summed E-state index contributed by atoms with van der Waals surface area (Å²) in [4.78, 5) is 12.4. The van der Waals surface area contributed by atoms with Crippen molar-refractivity contribution in [2.24, 2.45) is 0 Å².